The molecule has 6 aromatic carbocycles. The van der Waals surface area contributed by atoms with Crippen molar-refractivity contribution in [1.82, 2.24) is 0 Å². The molecule has 5 heteroatoms. The van der Waals surface area contributed by atoms with E-state index in [1.54, 1.807) is 110 Å². The summed E-state index contributed by atoms with van der Waals surface area (Å²) in [5.74, 6) is 0. The Morgan fingerprint density at radius 3 is 0.929 bits per heavy atom. The molecule has 0 N–H and O–H groups in total. The predicted octanol–water partition coefficient (Wildman–Crippen LogP) is 16.6. The fourth-order valence-electron chi connectivity index (χ4n) is 9.98. The minimum absolute atomic E-state index is 0.274. The molecule has 0 saturated heterocycles. The van der Waals surface area contributed by atoms with E-state index in [1.807, 2.05) is 112 Å². The highest BCUT2D eigenvalue weighted by molar-refractivity contribution is 5.67. The Morgan fingerprint density at radius 1 is 0.226 bits per heavy atom. The zero-order chi connectivity index (χ0) is 75.8. The molecule has 0 aliphatic carbocycles. The summed E-state index contributed by atoms with van der Waals surface area (Å²) in [6, 6.07) is 60.3. The second-order valence-corrected chi connectivity index (χ2v) is 21.3. The topological polar surface area (TPSA) is 19.4 Å². The molecule has 0 aliphatic heterocycles. The van der Waals surface area contributed by atoms with Crippen LogP contribution in [0.3, 0.4) is 0 Å². The van der Waals surface area contributed by atoms with Gasteiger partial charge in [-0.25, -0.2) is 22.8 Å². The number of rotatable bonds is 6. The van der Waals surface area contributed by atoms with Gasteiger partial charge in [0.05, 0.1) is 0 Å². The Kier molecular flexibility index (Phi) is 14.4. The van der Waals surface area contributed by atoms with Gasteiger partial charge in [0.1, 0.15) is 35.2 Å². The van der Waals surface area contributed by atoms with Gasteiger partial charge in [-0.15, -0.1) is 0 Å². The maximum absolute atomic E-state index is 7.58. The Hall–Kier alpha value is -8.93. The van der Waals surface area contributed by atoms with Gasteiger partial charge < -0.3 is 0 Å². The van der Waals surface area contributed by atoms with E-state index < -0.39 is 41.1 Å². The Bertz CT molecular complexity index is 4690. The molecule has 5 heterocycles. The molecule has 426 valence electrons. The summed E-state index contributed by atoms with van der Waals surface area (Å²) < 4.78 is 144. The average molecular weight is 1130 g/mol. The van der Waals surface area contributed by atoms with E-state index in [4.69, 9.17) is 24.7 Å². The van der Waals surface area contributed by atoms with Gasteiger partial charge in [-0.2, -0.15) is 0 Å². The first kappa shape index (κ1) is 42.0. The quantitative estimate of drug-likeness (QED) is 0.148. The highest BCUT2D eigenvalue weighted by atomic mass is 14.9. The standard InChI is InChI=1S/C19H18N.C16H20N.2C15H18N.C14H16N/c1-15-8-6-7-11-18(15)19-13-12-17(14-20(19)2)16-9-4-3-5-10-16;1-11-6-7-15(13(3)8-11)16-9-12(2)14(4)10-17(16)5;1-11-5-7-14(13(3)9-11)15-8-6-12(2)10-16(15)4;1-11-7-5-6-8-14(11)15-9-12(2)13(3)10-16(15)4;1-11-8-9-14(15(3)10-11)13-7-5-4-6-12(13)2/h3-14H,1-2H3;6-10H,1-5H3;2*5-10H,1-4H3;4-10H,1-3H3/q5*+1/i;1D3,4D3;1D3,2D3;3D3;1D3. The molecule has 0 unspecified atom stereocenters. The van der Waals surface area contributed by atoms with Crippen LogP contribution < -0.4 is 22.8 Å². The number of hydrogen-bond donors (Lipinski definition) is 0. The van der Waals surface area contributed by atoms with Gasteiger partial charge in [-0.05, 0) is 183 Å². The minimum Gasteiger partial charge on any atom is -0.201 e. The molecule has 0 amide bonds. The first-order valence-electron chi connectivity index (χ1n) is 36.8. The first-order valence-corrected chi connectivity index (χ1v) is 27.8. The van der Waals surface area contributed by atoms with Gasteiger partial charge in [0.25, 0.3) is 0 Å². The number of benzene rings is 6. The molecular weight excluding hydrogens is 1020 g/mol. The van der Waals surface area contributed by atoms with Crippen LogP contribution in [-0.4, -0.2) is 0 Å². The molecule has 0 fully saturated rings. The van der Waals surface area contributed by atoms with E-state index >= 15 is 0 Å². The normalized spacial score (nSPS) is 14.6. The fraction of sp³-hybridized carbons (Fsp3) is 0.228. The fourth-order valence-corrected chi connectivity index (χ4v) is 9.98. The van der Waals surface area contributed by atoms with Crippen molar-refractivity contribution < 1.29 is 47.5 Å². The molecule has 84 heavy (non-hydrogen) atoms. The Morgan fingerprint density at radius 2 is 0.560 bits per heavy atom. The van der Waals surface area contributed by atoms with E-state index in [0.29, 0.717) is 33.4 Å². The second-order valence-electron chi connectivity index (χ2n) is 21.3. The number of hydrogen-bond acceptors (Lipinski definition) is 0. The second kappa shape index (κ2) is 28.9. The third-order valence-electron chi connectivity index (χ3n) is 14.7. The highest BCUT2D eigenvalue weighted by Gasteiger charge is 2.18. The number of nitrogens with zero attached hydrogens (tertiary/aromatic N) is 5. The summed E-state index contributed by atoms with van der Waals surface area (Å²) >= 11 is 0. The molecule has 5 nitrogen and oxygen atoms in total. The SMILES string of the molecule is Cc1ccccc1-c1ccc(-c2ccccc2)c[n+]1C.[2H]C([2H])([2H])c1c[n+](C)c(-c2ccccc2C)cc1C.[2H]C([2H])([2H])c1ccc(-c2cc(C)c(C([2H])([2H])[2H])c[n+]2C)c(C)c1.[2H]C([2H])([2H])c1ccc(-c2ccc(C([2H])([2H])[2H])c[n+]2C)c(C)c1.[2H]C([2H])([2H])c1ccc(-c2ccccc2C)[n+](C)c1. The number of aromatic nitrogens is 5. The molecular formula is C79H90N5+5. The van der Waals surface area contributed by atoms with Crippen LogP contribution in [0.5, 0.6) is 0 Å². The Labute approximate surface area is 529 Å². The molecule has 0 bridgehead atoms. The van der Waals surface area contributed by atoms with Crippen molar-refractivity contribution in [2.24, 2.45) is 35.2 Å². The average Bonchev–Trinajstić information content (AvgIpc) is 0.806. The minimum atomic E-state index is -2.15. The van der Waals surface area contributed by atoms with E-state index in [0.717, 1.165) is 61.7 Å². The van der Waals surface area contributed by atoms with Crippen LogP contribution in [-0.2, 0) is 35.2 Å². The molecule has 0 radical (unpaired) electrons. The molecule has 5 aromatic heterocycles. The number of pyridine rings is 5. The molecule has 0 spiro atoms. The Balaban J connectivity index is 0.000000179. The van der Waals surface area contributed by atoms with E-state index in [9.17, 15) is 0 Å². The molecule has 0 aliphatic rings. The van der Waals surface area contributed by atoms with Gasteiger partial charge in [0, 0.05) is 111 Å². The summed E-state index contributed by atoms with van der Waals surface area (Å²) in [5, 5.41) is 0. The predicted molar refractivity (Wildman–Crippen MR) is 352 cm³/mol. The van der Waals surface area contributed by atoms with Crippen molar-refractivity contribution in [3.8, 4) is 67.4 Å². The third-order valence-corrected chi connectivity index (χ3v) is 14.7. The largest absolute Gasteiger partial charge is 0.212 e. The zero-order valence-corrected chi connectivity index (χ0v) is 50.5. The van der Waals surface area contributed by atoms with Crippen LogP contribution in [0.4, 0.5) is 0 Å². The molecule has 11 aromatic rings. The lowest BCUT2D eigenvalue weighted by Crippen LogP contribution is -2.31. The van der Waals surface area contributed by atoms with Gasteiger partial charge >= 0.3 is 0 Å². The summed E-state index contributed by atoms with van der Waals surface area (Å²) in [4.78, 5) is 0. The summed E-state index contributed by atoms with van der Waals surface area (Å²) in [7, 11) is 9.44. The van der Waals surface area contributed by atoms with Crippen LogP contribution >= 0.6 is 0 Å². The van der Waals surface area contributed by atoms with E-state index in [2.05, 4.69) is 104 Å². The van der Waals surface area contributed by atoms with Crippen molar-refractivity contribution in [2.75, 3.05) is 0 Å². The third kappa shape index (κ3) is 16.2. The van der Waals surface area contributed by atoms with Crippen LogP contribution in [0.25, 0.3) is 67.4 Å². The van der Waals surface area contributed by atoms with Crippen LogP contribution in [0.15, 0.2) is 219 Å². The van der Waals surface area contributed by atoms with Crippen LogP contribution in [0.2, 0.25) is 0 Å². The first-order chi connectivity index (χ1) is 47.4. The van der Waals surface area contributed by atoms with Crippen molar-refractivity contribution in [1.29, 1.82) is 0 Å². The van der Waals surface area contributed by atoms with Crippen molar-refractivity contribution in [3.05, 3.63) is 291 Å². The lowest BCUT2D eigenvalue weighted by atomic mass is 10.0. The van der Waals surface area contributed by atoms with Crippen LogP contribution in [0.1, 0.15) is 97.0 Å². The van der Waals surface area contributed by atoms with Crippen molar-refractivity contribution >= 4 is 0 Å². The maximum atomic E-state index is 7.58. The smallest absolute Gasteiger partial charge is 0.201 e. The van der Waals surface area contributed by atoms with Gasteiger partial charge in [0.2, 0.25) is 28.5 Å². The zero-order valence-electron chi connectivity index (χ0n) is 68.5. The molecule has 0 atom stereocenters. The molecule has 0 saturated carbocycles. The highest BCUT2D eigenvalue weighted by Crippen LogP contribution is 2.27. The monoisotopic (exact) mass is 1130 g/mol. The van der Waals surface area contributed by atoms with Crippen molar-refractivity contribution in [3.63, 3.8) is 0 Å². The summed E-state index contributed by atoms with van der Waals surface area (Å²) in [6.45, 7) is 0.921. The van der Waals surface area contributed by atoms with E-state index in [-0.39, 0.29) is 5.56 Å². The van der Waals surface area contributed by atoms with Crippen molar-refractivity contribution in [2.45, 2.75) is 89.6 Å². The lowest BCUT2D eigenvalue weighted by molar-refractivity contribution is -0.660. The van der Waals surface area contributed by atoms with E-state index in [1.165, 1.54) is 39.1 Å². The number of aryl methyl sites for hydroxylation is 18. The van der Waals surface area contributed by atoms with Gasteiger partial charge in [-0.1, -0.05) is 120 Å². The van der Waals surface area contributed by atoms with Gasteiger partial charge in [-0.3, -0.25) is 0 Å². The molecule has 11 rings (SSSR count). The lowest BCUT2D eigenvalue weighted by Gasteiger charge is -2.07. The maximum Gasteiger partial charge on any atom is 0.212 e. The summed E-state index contributed by atoms with van der Waals surface area (Å²) in [6.07, 6.45) is 8.78. The van der Waals surface area contributed by atoms with Crippen LogP contribution in [0, 0.1) is 89.6 Å². The van der Waals surface area contributed by atoms with Gasteiger partial charge in [0.15, 0.2) is 31.0 Å². The summed E-state index contributed by atoms with van der Waals surface area (Å²) in [5.41, 5.74) is 21.6.